The normalized spacial score (nSPS) is 12.3. The van der Waals surface area contributed by atoms with Crippen LogP contribution in [0.5, 0.6) is 0 Å². The third-order valence-electron chi connectivity index (χ3n) is 2.83. The van der Waals surface area contributed by atoms with Gasteiger partial charge in [-0.25, -0.2) is 4.98 Å². The maximum atomic E-state index is 11.3. The van der Waals surface area contributed by atoms with Gasteiger partial charge < -0.3 is 16.0 Å². The number of nitrogens with zero attached hydrogens (tertiary/aromatic N) is 2. The molecular weight excluding hydrogens is 274 g/mol. The first-order valence-electron chi connectivity index (χ1n) is 6.30. The number of anilines is 1. The van der Waals surface area contributed by atoms with Gasteiger partial charge in [0.2, 0.25) is 0 Å². The Balaban J connectivity index is 2.16. The Morgan fingerprint density at radius 3 is 2.85 bits per heavy atom. The molecule has 0 amide bonds. The standard InChI is InChI=1S/C13H17N5OS/c1-3-9(15-2)10-5-4-8(7-16-10)20-13-17-11(14)6-12(19)18-13/h4-7,9,15H,3H2,1-2H3,(H3,14,17,18,19). The van der Waals surface area contributed by atoms with Crippen molar-refractivity contribution in [2.24, 2.45) is 0 Å². The molecule has 0 saturated heterocycles. The maximum absolute atomic E-state index is 11.3. The Labute approximate surface area is 121 Å². The van der Waals surface area contributed by atoms with Crippen LogP contribution in [-0.4, -0.2) is 22.0 Å². The van der Waals surface area contributed by atoms with E-state index in [1.54, 1.807) is 6.20 Å². The second kappa shape index (κ2) is 6.53. The highest BCUT2D eigenvalue weighted by Crippen LogP contribution is 2.24. The molecule has 0 aromatic carbocycles. The number of hydrogen-bond donors (Lipinski definition) is 3. The van der Waals surface area contributed by atoms with E-state index in [1.165, 1.54) is 17.8 Å². The van der Waals surface area contributed by atoms with Crippen molar-refractivity contribution in [2.75, 3.05) is 12.8 Å². The summed E-state index contributed by atoms with van der Waals surface area (Å²) >= 11 is 1.32. The average Bonchev–Trinajstić information content (AvgIpc) is 2.41. The summed E-state index contributed by atoms with van der Waals surface area (Å²) in [6, 6.07) is 5.43. The highest BCUT2D eigenvalue weighted by molar-refractivity contribution is 7.99. The Hall–Kier alpha value is -1.86. The van der Waals surface area contributed by atoms with Gasteiger partial charge >= 0.3 is 0 Å². The third-order valence-corrected chi connectivity index (χ3v) is 3.69. The molecule has 2 rings (SSSR count). The Morgan fingerprint density at radius 1 is 1.50 bits per heavy atom. The monoisotopic (exact) mass is 291 g/mol. The van der Waals surface area contributed by atoms with Gasteiger partial charge in [0.15, 0.2) is 5.16 Å². The molecule has 0 bridgehead atoms. The molecule has 0 aliphatic carbocycles. The molecular formula is C13H17N5OS. The smallest absolute Gasteiger partial charge is 0.253 e. The van der Waals surface area contributed by atoms with Crippen LogP contribution in [0.25, 0.3) is 0 Å². The summed E-state index contributed by atoms with van der Waals surface area (Å²) in [6.45, 7) is 2.10. The van der Waals surface area contributed by atoms with Crippen LogP contribution in [0.2, 0.25) is 0 Å². The van der Waals surface area contributed by atoms with E-state index in [-0.39, 0.29) is 17.4 Å². The number of hydrogen-bond acceptors (Lipinski definition) is 6. The summed E-state index contributed by atoms with van der Waals surface area (Å²) in [6.07, 6.45) is 2.74. The molecule has 2 heterocycles. The largest absolute Gasteiger partial charge is 0.383 e. The van der Waals surface area contributed by atoms with Gasteiger partial charge in [-0.15, -0.1) is 0 Å². The van der Waals surface area contributed by atoms with Crippen LogP contribution in [0.1, 0.15) is 25.1 Å². The lowest BCUT2D eigenvalue weighted by Crippen LogP contribution is -2.16. The minimum atomic E-state index is -0.259. The topological polar surface area (TPSA) is 96.7 Å². The molecule has 0 fully saturated rings. The number of nitrogen functional groups attached to an aromatic ring is 1. The summed E-state index contributed by atoms with van der Waals surface area (Å²) in [5.74, 6) is 0.210. The molecule has 106 valence electrons. The van der Waals surface area contributed by atoms with E-state index in [1.807, 2.05) is 19.2 Å². The zero-order chi connectivity index (χ0) is 14.5. The number of pyridine rings is 1. The van der Waals surface area contributed by atoms with Crippen molar-refractivity contribution < 1.29 is 0 Å². The van der Waals surface area contributed by atoms with E-state index in [0.29, 0.717) is 5.16 Å². The number of rotatable bonds is 5. The van der Waals surface area contributed by atoms with Gasteiger partial charge in [0.05, 0.1) is 5.69 Å². The Kier molecular flexibility index (Phi) is 4.75. The summed E-state index contributed by atoms with van der Waals surface area (Å²) in [7, 11) is 1.92. The molecule has 0 spiro atoms. The van der Waals surface area contributed by atoms with Crippen LogP contribution in [0, 0.1) is 0 Å². The van der Waals surface area contributed by atoms with Gasteiger partial charge in [0, 0.05) is 23.2 Å². The first-order valence-corrected chi connectivity index (χ1v) is 7.12. The van der Waals surface area contributed by atoms with E-state index in [9.17, 15) is 4.79 Å². The van der Waals surface area contributed by atoms with Crippen LogP contribution in [0.15, 0.2) is 39.2 Å². The number of nitrogens with two attached hydrogens (primary N) is 1. The lowest BCUT2D eigenvalue weighted by atomic mass is 10.1. The molecule has 0 aliphatic rings. The lowest BCUT2D eigenvalue weighted by molar-refractivity contribution is 0.561. The molecule has 1 atom stereocenters. The van der Waals surface area contributed by atoms with Crippen LogP contribution in [0.3, 0.4) is 0 Å². The fourth-order valence-electron chi connectivity index (χ4n) is 1.83. The van der Waals surface area contributed by atoms with Gasteiger partial charge in [0.1, 0.15) is 5.82 Å². The molecule has 2 aromatic heterocycles. The van der Waals surface area contributed by atoms with Gasteiger partial charge in [-0.05, 0) is 25.6 Å². The van der Waals surface area contributed by atoms with Gasteiger partial charge in [-0.1, -0.05) is 18.7 Å². The van der Waals surface area contributed by atoms with E-state index in [2.05, 4.69) is 27.2 Å². The zero-order valence-electron chi connectivity index (χ0n) is 11.4. The number of nitrogens with one attached hydrogen (secondary N) is 2. The minimum absolute atomic E-state index is 0.210. The third kappa shape index (κ3) is 3.58. The van der Waals surface area contributed by atoms with Gasteiger partial charge in [-0.3, -0.25) is 9.78 Å². The molecule has 1 unspecified atom stereocenters. The highest BCUT2D eigenvalue weighted by atomic mass is 32.2. The number of aromatic amines is 1. The molecule has 0 aliphatic heterocycles. The van der Waals surface area contributed by atoms with Crippen molar-refractivity contribution in [3.05, 3.63) is 40.4 Å². The fraction of sp³-hybridized carbons (Fsp3) is 0.308. The maximum Gasteiger partial charge on any atom is 0.253 e. The Morgan fingerprint density at radius 2 is 2.30 bits per heavy atom. The van der Waals surface area contributed by atoms with Crippen molar-refractivity contribution in [3.8, 4) is 0 Å². The van der Waals surface area contributed by atoms with E-state index in [4.69, 9.17) is 5.73 Å². The van der Waals surface area contributed by atoms with Crippen molar-refractivity contribution in [1.29, 1.82) is 0 Å². The number of H-pyrrole nitrogens is 1. The lowest BCUT2D eigenvalue weighted by Gasteiger charge is -2.13. The molecule has 0 radical (unpaired) electrons. The Bertz CT molecular complexity index is 621. The number of aromatic nitrogens is 3. The van der Waals surface area contributed by atoms with E-state index in [0.717, 1.165) is 17.0 Å². The minimum Gasteiger partial charge on any atom is -0.383 e. The van der Waals surface area contributed by atoms with Crippen molar-refractivity contribution in [2.45, 2.75) is 29.4 Å². The van der Waals surface area contributed by atoms with Crippen molar-refractivity contribution >= 4 is 17.6 Å². The van der Waals surface area contributed by atoms with Crippen LogP contribution >= 0.6 is 11.8 Å². The molecule has 4 N–H and O–H groups in total. The van der Waals surface area contributed by atoms with Crippen molar-refractivity contribution in [1.82, 2.24) is 20.3 Å². The molecule has 6 nitrogen and oxygen atoms in total. The molecule has 0 saturated carbocycles. The quantitative estimate of drug-likeness (QED) is 0.724. The molecule has 7 heteroatoms. The predicted octanol–water partition coefficient (Wildman–Crippen LogP) is 1.57. The van der Waals surface area contributed by atoms with Crippen LogP contribution in [0.4, 0.5) is 5.82 Å². The van der Waals surface area contributed by atoms with Gasteiger partial charge in [-0.2, -0.15) is 0 Å². The second-order valence-corrected chi connectivity index (χ2v) is 5.31. The summed E-state index contributed by atoms with van der Waals surface area (Å²) < 4.78 is 0. The molecule has 2 aromatic rings. The van der Waals surface area contributed by atoms with Crippen LogP contribution in [-0.2, 0) is 0 Å². The molecule has 20 heavy (non-hydrogen) atoms. The fourth-order valence-corrected chi connectivity index (χ4v) is 2.60. The van der Waals surface area contributed by atoms with Gasteiger partial charge in [0.25, 0.3) is 5.56 Å². The van der Waals surface area contributed by atoms with Crippen molar-refractivity contribution in [3.63, 3.8) is 0 Å². The van der Waals surface area contributed by atoms with E-state index >= 15 is 0 Å². The summed E-state index contributed by atoms with van der Waals surface area (Å²) in [5.41, 5.74) is 6.28. The zero-order valence-corrected chi connectivity index (χ0v) is 12.2. The second-order valence-electron chi connectivity index (χ2n) is 4.25. The summed E-state index contributed by atoms with van der Waals surface area (Å²) in [4.78, 5) is 23.3. The first kappa shape index (κ1) is 14.5. The van der Waals surface area contributed by atoms with Crippen LogP contribution < -0.4 is 16.6 Å². The SMILES string of the molecule is CCC(NC)c1ccc(Sc2nc(N)cc(=O)[nH]2)cn1. The highest BCUT2D eigenvalue weighted by Gasteiger charge is 2.08. The first-order chi connectivity index (χ1) is 9.62. The predicted molar refractivity (Wildman–Crippen MR) is 79.7 cm³/mol. The average molecular weight is 291 g/mol. The van der Waals surface area contributed by atoms with E-state index < -0.39 is 0 Å². The summed E-state index contributed by atoms with van der Waals surface area (Å²) in [5, 5.41) is 3.67.